The molecule has 1 aliphatic rings. The van der Waals surface area contributed by atoms with Crippen LogP contribution in [0.15, 0.2) is 30.3 Å². The van der Waals surface area contributed by atoms with Crippen molar-refractivity contribution in [3.05, 3.63) is 35.9 Å². The fourth-order valence-electron chi connectivity index (χ4n) is 2.96. The Morgan fingerprint density at radius 3 is 2.39 bits per heavy atom. The van der Waals surface area contributed by atoms with Gasteiger partial charge >= 0.3 is 0 Å². The molecule has 3 nitrogen and oxygen atoms in total. The van der Waals surface area contributed by atoms with E-state index >= 15 is 0 Å². The lowest BCUT2D eigenvalue weighted by atomic mass is 9.81. The standard InChI is InChI=1S/C14H21NO2S/c1-15-13-9-8-12(10-14(13)18(2,16)17)11-6-4-3-5-7-11/h3-7,12-15H,8-10H2,1-2H3. The highest BCUT2D eigenvalue weighted by atomic mass is 32.2. The van der Waals surface area contributed by atoms with Crippen molar-refractivity contribution < 1.29 is 8.42 Å². The lowest BCUT2D eigenvalue weighted by molar-refractivity contribution is 0.357. The van der Waals surface area contributed by atoms with Crippen LogP contribution in [0.1, 0.15) is 30.7 Å². The average molecular weight is 267 g/mol. The molecule has 3 unspecified atom stereocenters. The lowest BCUT2D eigenvalue weighted by Crippen LogP contribution is -2.46. The van der Waals surface area contributed by atoms with Gasteiger partial charge in [0.25, 0.3) is 0 Å². The van der Waals surface area contributed by atoms with Crippen molar-refractivity contribution >= 4 is 9.84 Å². The van der Waals surface area contributed by atoms with E-state index in [2.05, 4.69) is 17.4 Å². The zero-order chi connectivity index (χ0) is 13.2. The highest BCUT2D eigenvalue weighted by Crippen LogP contribution is 2.35. The summed E-state index contributed by atoms with van der Waals surface area (Å²) in [6, 6.07) is 10.3. The number of nitrogens with one attached hydrogen (secondary N) is 1. The summed E-state index contributed by atoms with van der Waals surface area (Å²) in [6.45, 7) is 0. The molecule has 0 heterocycles. The molecule has 0 radical (unpaired) electrons. The van der Waals surface area contributed by atoms with Crippen LogP contribution in [0.5, 0.6) is 0 Å². The molecule has 3 atom stereocenters. The second kappa shape index (κ2) is 5.41. The van der Waals surface area contributed by atoms with Crippen LogP contribution in [-0.2, 0) is 9.84 Å². The Labute approximate surface area is 110 Å². The van der Waals surface area contributed by atoms with Crippen LogP contribution in [0, 0.1) is 0 Å². The molecule has 100 valence electrons. The van der Waals surface area contributed by atoms with E-state index in [1.807, 2.05) is 25.2 Å². The molecule has 0 bridgehead atoms. The Morgan fingerprint density at radius 1 is 1.17 bits per heavy atom. The van der Waals surface area contributed by atoms with Gasteiger partial charge in [-0.2, -0.15) is 0 Å². The van der Waals surface area contributed by atoms with Crippen molar-refractivity contribution in [3.8, 4) is 0 Å². The first-order valence-corrected chi connectivity index (χ1v) is 8.39. The first kappa shape index (κ1) is 13.6. The quantitative estimate of drug-likeness (QED) is 0.910. The van der Waals surface area contributed by atoms with Gasteiger partial charge in [0.15, 0.2) is 9.84 Å². The molecule has 1 fully saturated rings. The molecule has 1 aliphatic carbocycles. The molecule has 0 saturated heterocycles. The molecule has 1 N–H and O–H groups in total. The Morgan fingerprint density at radius 2 is 1.83 bits per heavy atom. The fraction of sp³-hybridized carbons (Fsp3) is 0.571. The van der Waals surface area contributed by atoms with Crippen molar-refractivity contribution in [2.45, 2.75) is 36.5 Å². The topological polar surface area (TPSA) is 46.2 Å². The Balaban J connectivity index is 2.20. The molecular weight excluding hydrogens is 246 g/mol. The van der Waals surface area contributed by atoms with E-state index in [0.29, 0.717) is 5.92 Å². The van der Waals surface area contributed by atoms with Gasteiger partial charge in [0.2, 0.25) is 0 Å². The van der Waals surface area contributed by atoms with Crippen molar-refractivity contribution in [2.24, 2.45) is 0 Å². The Hall–Kier alpha value is -0.870. The third-order valence-corrected chi connectivity index (χ3v) is 5.60. The van der Waals surface area contributed by atoms with E-state index in [9.17, 15) is 8.42 Å². The summed E-state index contributed by atoms with van der Waals surface area (Å²) < 4.78 is 23.8. The van der Waals surface area contributed by atoms with Gasteiger partial charge in [0, 0.05) is 12.3 Å². The summed E-state index contributed by atoms with van der Waals surface area (Å²) >= 11 is 0. The molecule has 0 aliphatic heterocycles. The molecule has 1 saturated carbocycles. The summed E-state index contributed by atoms with van der Waals surface area (Å²) in [7, 11) is -1.14. The molecule has 2 rings (SSSR count). The second-order valence-electron chi connectivity index (χ2n) is 5.18. The Bertz CT molecular complexity index is 484. The minimum absolute atomic E-state index is 0.0972. The van der Waals surface area contributed by atoms with Gasteiger partial charge in [0.1, 0.15) is 0 Å². The number of rotatable bonds is 3. The van der Waals surface area contributed by atoms with Crippen LogP contribution < -0.4 is 5.32 Å². The third-order valence-electron chi connectivity index (χ3n) is 3.98. The summed E-state index contributed by atoms with van der Waals surface area (Å²) in [5.41, 5.74) is 1.26. The maximum atomic E-state index is 11.9. The first-order valence-electron chi connectivity index (χ1n) is 6.43. The highest BCUT2D eigenvalue weighted by molar-refractivity contribution is 7.91. The lowest BCUT2D eigenvalue weighted by Gasteiger charge is -2.35. The molecule has 4 heteroatoms. The van der Waals surface area contributed by atoms with Crippen LogP contribution >= 0.6 is 0 Å². The number of hydrogen-bond acceptors (Lipinski definition) is 3. The molecular formula is C14H21NO2S. The molecule has 0 aromatic heterocycles. The maximum absolute atomic E-state index is 11.9. The summed E-state index contributed by atoms with van der Waals surface area (Å²) in [5, 5.41) is 2.89. The Kier molecular flexibility index (Phi) is 4.07. The van der Waals surface area contributed by atoms with Gasteiger partial charge in [-0.3, -0.25) is 0 Å². The van der Waals surface area contributed by atoms with Crippen molar-refractivity contribution in [3.63, 3.8) is 0 Å². The van der Waals surface area contributed by atoms with E-state index in [4.69, 9.17) is 0 Å². The van der Waals surface area contributed by atoms with Crippen molar-refractivity contribution in [1.29, 1.82) is 0 Å². The van der Waals surface area contributed by atoms with Gasteiger partial charge in [-0.25, -0.2) is 8.42 Å². The van der Waals surface area contributed by atoms with Crippen LogP contribution in [0.25, 0.3) is 0 Å². The van der Waals surface area contributed by atoms with Crippen molar-refractivity contribution in [1.82, 2.24) is 5.32 Å². The van der Waals surface area contributed by atoms with Crippen molar-refractivity contribution in [2.75, 3.05) is 13.3 Å². The molecule has 0 amide bonds. The van der Waals surface area contributed by atoms with Gasteiger partial charge in [-0.1, -0.05) is 30.3 Å². The number of sulfone groups is 1. The smallest absolute Gasteiger partial charge is 0.151 e. The van der Waals surface area contributed by atoms with Gasteiger partial charge in [-0.05, 0) is 37.8 Å². The second-order valence-corrected chi connectivity index (χ2v) is 7.45. The minimum Gasteiger partial charge on any atom is -0.316 e. The van der Waals surface area contributed by atoms with E-state index in [-0.39, 0.29) is 11.3 Å². The fourth-order valence-corrected chi connectivity index (χ4v) is 4.41. The SMILES string of the molecule is CNC1CCC(c2ccccc2)CC1S(C)(=O)=O. The monoisotopic (exact) mass is 267 g/mol. The van der Waals surface area contributed by atoms with Gasteiger partial charge in [-0.15, -0.1) is 0 Å². The van der Waals surface area contributed by atoms with Crippen LogP contribution in [0.4, 0.5) is 0 Å². The third kappa shape index (κ3) is 2.93. The highest BCUT2D eigenvalue weighted by Gasteiger charge is 2.36. The first-order chi connectivity index (χ1) is 8.52. The zero-order valence-corrected chi connectivity index (χ0v) is 11.8. The predicted molar refractivity (Wildman–Crippen MR) is 74.5 cm³/mol. The summed E-state index contributed by atoms with van der Waals surface area (Å²) in [6.07, 6.45) is 4.07. The van der Waals surface area contributed by atoms with E-state index in [1.54, 1.807) is 0 Å². The normalized spacial score (nSPS) is 29.1. The van der Waals surface area contributed by atoms with Gasteiger partial charge in [0.05, 0.1) is 5.25 Å². The average Bonchev–Trinajstić information content (AvgIpc) is 2.38. The summed E-state index contributed by atoms with van der Waals surface area (Å²) in [5.74, 6) is 0.371. The predicted octanol–water partition coefficient (Wildman–Crippen LogP) is 1.96. The van der Waals surface area contributed by atoms with E-state index < -0.39 is 9.84 Å². The molecule has 1 aromatic rings. The molecule has 0 spiro atoms. The molecule has 18 heavy (non-hydrogen) atoms. The zero-order valence-electron chi connectivity index (χ0n) is 11.0. The van der Waals surface area contributed by atoms with Crippen LogP contribution in [0.3, 0.4) is 0 Å². The largest absolute Gasteiger partial charge is 0.316 e. The van der Waals surface area contributed by atoms with E-state index in [0.717, 1.165) is 19.3 Å². The maximum Gasteiger partial charge on any atom is 0.151 e. The summed E-state index contributed by atoms with van der Waals surface area (Å²) in [4.78, 5) is 0. The number of hydrogen-bond donors (Lipinski definition) is 1. The van der Waals surface area contributed by atoms with Crippen LogP contribution in [-0.4, -0.2) is 33.0 Å². The van der Waals surface area contributed by atoms with Crippen LogP contribution in [0.2, 0.25) is 0 Å². The van der Waals surface area contributed by atoms with Gasteiger partial charge < -0.3 is 5.32 Å². The van der Waals surface area contributed by atoms with E-state index in [1.165, 1.54) is 11.8 Å². The number of benzene rings is 1. The minimum atomic E-state index is -2.99. The molecule has 1 aromatic carbocycles.